The number of nitrogens with zero attached hydrogens (tertiary/aromatic N) is 3. The number of fused-ring (bicyclic) bond motifs is 1. The van der Waals surface area contributed by atoms with Crippen LogP contribution in [-0.4, -0.2) is 20.6 Å². The highest BCUT2D eigenvalue weighted by molar-refractivity contribution is 5.85. The fourth-order valence-corrected chi connectivity index (χ4v) is 1.83. The van der Waals surface area contributed by atoms with E-state index in [0.717, 1.165) is 12.1 Å². The van der Waals surface area contributed by atoms with E-state index in [-0.39, 0.29) is 17.1 Å². The number of alkyl halides is 3. The Hall–Kier alpha value is -2.84. The molecule has 3 aromatic heterocycles. The van der Waals surface area contributed by atoms with Gasteiger partial charge < -0.3 is 14.3 Å². The lowest BCUT2D eigenvalue weighted by atomic mass is 10.2. The molecular formula is C12H5F3N3O3-. The molecule has 0 spiro atoms. The first-order chi connectivity index (χ1) is 9.86. The fourth-order valence-electron chi connectivity index (χ4n) is 1.83. The SMILES string of the molecule is O=C([O-])c1cc2nc(-c3ccco3)cc(C(F)(F)F)n2n1. The molecule has 0 bridgehead atoms. The first kappa shape index (κ1) is 13.2. The van der Waals surface area contributed by atoms with E-state index in [1.807, 2.05) is 0 Å². The third kappa shape index (κ3) is 2.22. The third-order valence-electron chi connectivity index (χ3n) is 2.70. The summed E-state index contributed by atoms with van der Waals surface area (Å²) in [6, 6.07) is 4.57. The van der Waals surface area contributed by atoms with Gasteiger partial charge in [-0.2, -0.15) is 18.3 Å². The highest BCUT2D eigenvalue weighted by Crippen LogP contribution is 2.32. The molecule has 108 valence electrons. The van der Waals surface area contributed by atoms with Crippen LogP contribution in [0.4, 0.5) is 13.2 Å². The Kier molecular flexibility index (Phi) is 2.71. The van der Waals surface area contributed by atoms with E-state index in [0.29, 0.717) is 4.52 Å². The topological polar surface area (TPSA) is 83.5 Å². The number of aromatic carboxylic acids is 1. The number of rotatable bonds is 2. The highest BCUT2D eigenvalue weighted by atomic mass is 19.4. The molecule has 0 saturated carbocycles. The first-order valence-electron chi connectivity index (χ1n) is 5.59. The van der Waals surface area contributed by atoms with E-state index in [2.05, 4.69) is 10.1 Å². The zero-order valence-electron chi connectivity index (χ0n) is 10.1. The minimum atomic E-state index is -4.74. The largest absolute Gasteiger partial charge is 0.543 e. The van der Waals surface area contributed by atoms with E-state index in [4.69, 9.17) is 4.42 Å². The fraction of sp³-hybridized carbons (Fsp3) is 0.0833. The van der Waals surface area contributed by atoms with Crippen LogP contribution in [0.25, 0.3) is 17.1 Å². The molecule has 0 radical (unpaired) electrons. The monoisotopic (exact) mass is 296 g/mol. The molecule has 9 heteroatoms. The summed E-state index contributed by atoms with van der Waals surface area (Å²) in [5.74, 6) is -1.56. The summed E-state index contributed by atoms with van der Waals surface area (Å²) in [4.78, 5) is 14.6. The number of furan rings is 1. The third-order valence-corrected chi connectivity index (χ3v) is 2.70. The van der Waals surface area contributed by atoms with E-state index >= 15 is 0 Å². The maximum absolute atomic E-state index is 13.1. The normalized spacial score (nSPS) is 12.0. The van der Waals surface area contributed by atoms with Crippen LogP contribution in [0.1, 0.15) is 16.2 Å². The van der Waals surface area contributed by atoms with Gasteiger partial charge in [0.1, 0.15) is 11.4 Å². The van der Waals surface area contributed by atoms with Gasteiger partial charge in [-0.05, 0) is 18.2 Å². The molecule has 0 N–H and O–H groups in total. The first-order valence-corrected chi connectivity index (χ1v) is 5.59. The van der Waals surface area contributed by atoms with E-state index < -0.39 is 23.5 Å². The van der Waals surface area contributed by atoms with Gasteiger partial charge in [-0.25, -0.2) is 9.50 Å². The van der Waals surface area contributed by atoms with Crippen molar-refractivity contribution in [2.45, 2.75) is 6.18 Å². The number of halogens is 3. The molecule has 21 heavy (non-hydrogen) atoms. The van der Waals surface area contributed by atoms with Crippen LogP contribution in [0, 0.1) is 0 Å². The van der Waals surface area contributed by atoms with Gasteiger partial charge >= 0.3 is 6.18 Å². The molecule has 0 saturated heterocycles. The molecule has 0 fully saturated rings. The van der Waals surface area contributed by atoms with Crippen molar-refractivity contribution < 1.29 is 27.5 Å². The van der Waals surface area contributed by atoms with Gasteiger partial charge in [0.05, 0.1) is 12.2 Å². The Bertz CT molecular complexity index is 821. The van der Waals surface area contributed by atoms with Crippen molar-refractivity contribution in [1.29, 1.82) is 0 Å². The van der Waals surface area contributed by atoms with Crippen molar-refractivity contribution in [2.75, 3.05) is 0 Å². The number of carboxylic acids is 1. The second-order valence-corrected chi connectivity index (χ2v) is 4.09. The number of carbonyl (C=O) groups is 1. The summed E-state index contributed by atoms with van der Waals surface area (Å²) in [7, 11) is 0. The van der Waals surface area contributed by atoms with Crippen molar-refractivity contribution in [3.8, 4) is 11.5 Å². The number of hydrogen-bond donors (Lipinski definition) is 0. The molecule has 6 nitrogen and oxygen atoms in total. The molecule has 0 aliphatic heterocycles. The molecular weight excluding hydrogens is 291 g/mol. The van der Waals surface area contributed by atoms with Gasteiger partial charge in [0.15, 0.2) is 17.1 Å². The lowest BCUT2D eigenvalue weighted by molar-refractivity contribution is -0.255. The van der Waals surface area contributed by atoms with Crippen LogP contribution < -0.4 is 5.11 Å². The van der Waals surface area contributed by atoms with Gasteiger partial charge in [-0.1, -0.05) is 0 Å². The van der Waals surface area contributed by atoms with Crippen LogP contribution in [0.5, 0.6) is 0 Å². The quantitative estimate of drug-likeness (QED) is 0.713. The standard InChI is InChI=1S/C12H6F3N3O3/c13-12(14,15)9-4-6(8-2-1-3-21-8)16-10-5-7(11(19)20)17-18(9)10/h1-5H,(H,19,20)/p-1. The van der Waals surface area contributed by atoms with Crippen molar-refractivity contribution in [3.63, 3.8) is 0 Å². The molecule has 0 unspecified atom stereocenters. The van der Waals surface area contributed by atoms with Crippen LogP contribution >= 0.6 is 0 Å². The smallest absolute Gasteiger partial charge is 0.433 e. The lowest BCUT2D eigenvalue weighted by Crippen LogP contribution is -2.23. The summed E-state index contributed by atoms with van der Waals surface area (Å²) in [6.45, 7) is 0. The minimum absolute atomic E-state index is 0.0791. The van der Waals surface area contributed by atoms with E-state index in [9.17, 15) is 23.1 Å². The van der Waals surface area contributed by atoms with Gasteiger partial charge in [-0.15, -0.1) is 0 Å². The molecule has 0 atom stereocenters. The molecule has 3 heterocycles. The van der Waals surface area contributed by atoms with Gasteiger partial charge in [-0.3, -0.25) is 0 Å². The lowest BCUT2D eigenvalue weighted by Gasteiger charge is -2.09. The minimum Gasteiger partial charge on any atom is -0.543 e. The van der Waals surface area contributed by atoms with E-state index in [1.54, 1.807) is 0 Å². The molecule has 0 amide bonds. The summed E-state index contributed by atoms with van der Waals surface area (Å²) in [5.41, 5.74) is -2.14. The Morgan fingerprint density at radius 3 is 2.67 bits per heavy atom. The second kappa shape index (κ2) is 4.33. The second-order valence-electron chi connectivity index (χ2n) is 4.09. The number of hydrogen-bond acceptors (Lipinski definition) is 5. The summed E-state index contributed by atoms with van der Waals surface area (Å²) >= 11 is 0. The summed E-state index contributed by atoms with van der Waals surface area (Å²) < 4.78 is 44.6. The maximum Gasteiger partial charge on any atom is 0.433 e. The van der Waals surface area contributed by atoms with Gasteiger partial charge in [0, 0.05) is 6.07 Å². The molecule has 3 rings (SSSR count). The molecule has 0 aliphatic rings. The number of carbonyl (C=O) groups excluding carboxylic acids is 1. The van der Waals surface area contributed by atoms with Crippen LogP contribution in [0.3, 0.4) is 0 Å². The van der Waals surface area contributed by atoms with Crippen molar-refractivity contribution >= 4 is 11.6 Å². The Labute approximate surface area is 114 Å². The van der Waals surface area contributed by atoms with Crippen molar-refractivity contribution in [2.24, 2.45) is 0 Å². The van der Waals surface area contributed by atoms with Crippen molar-refractivity contribution in [3.05, 3.63) is 41.9 Å². The highest BCUT2D eigenvalue weighted by Gasteiger charge is 2.35. The molecule has 0 aromatic carbocycles. The predicted molar refractivity (Wildman–Crippen MR) is 60.0 cm³/mol. The molecule has 3 aromatic rings. The predicted octanol–water partition coefficient (Wildman–Crippen LogP) is 1.37. The van der Waals surface area contributed by atoms with Crippen LogP contribution in [0.2, 0.25) is 0 Å². The summed E-state index contributed by atoms with van der Waals surface area (Å²) in [6.07, 6.45) is -3.45. The van der Waals surface area contributed by atoms with Gasteiger partial charge in [0.2, 0.25) is 0 Å². The Morgan fingerprint density at radius 1 is 1.33 bits per heavy atom. The summed E-state index contributed by atoms with van der Waals surface area (Å²) in [5, 5.41) is 14.1. The van der Waals surface area contributed by atoms with Crippen molar-refractivity contribution in [1.82, 2.24) is 14.6 Å². The zero-order valence-corrected chi connectivity index (χ0v) is 10.1. The maximum atomic E-state index is 13.1. The average Bonchev–Trinajstić information content (AvgIpc) is 3.05. The van der Waals surface area contributed by atoms with Gasteiger partial charge in [0.25, 0.3) is 0 Å². The average molecular weight is 296 g/mol. The van der Waals surface area contributed by atoms with Crippen LogP contribution in [-0.2, 0) is 6.18 Å². The number of aromatic nitrogens is 3. The Morgan fingerprint density at radius 2 is 2.10 bits per heavy atom. The zero-order chi connectivity index (χ0) is 15.2. The van der Waals surface area contributed by atoms with E-state index in [1.165, 1.54) is 18.4 Å². The number of carboxylic acid groups (broad SMARTS) is 1. The Balaban J connectivity index is 2.32. The van der Waals surface area contributed by atoms with Crippen LogP contribution in [0.15, 0.2) is 34.9 Å². The molecule has 0 aliphatic carbocycles.